The Balaban J connectivity index is 1.36. The second-order valence-corrected chi connectivity index (χ2v) is 9.06. The molecule has 1 aliphatic heterocycles. The Bertz CT molecular complexity index is 1630. The van der Waals surface area contributed by atoms with Gasteiger partial charge in [-0.05, 0) is 36.6 Å². The number of aromatic nitrogens is 5. The lowest BCUT2D eigenvalue weighted by Gasteiger charge is -2.14. The lowest BCUT2D eigenvalue weighted by atomic mass is 10.1. The monoisotopic (exact) mass is 537 g/mol. The molecule has 0 bridgehead atoms. The van der Waals surface area contributed by atoms with Crippen molar-refractivity contribution in [2.45, 2.75) is 13.0 Å². The van der Waals surface area contributed by atoms with Crippen molar-refractivity contribution in [3.8, 4) is 17.4 Å². The van der Waals surface area contributed by atoms with Crippen molar-refractivity contribution in [3.63, 3.8) is 0 Å². The van der Waals surface area contributed by atoms with Gasteiger partial charge in [0.15, 0.2) is 17.3 Å². The van der Waals surface area contributed by atoms with Crippen LogP contribution in [0.25, 0.3) is 11.0 Å². The number of methoxy groups -OCH3 is 1. The SMILES string of the molecule is C=CC(=O)N1CCC(Cn2cc(Nc3ncc4cc(Oc5ccc(F)cc5F)c(=O)n(C)c4n3)c(OC)n2)C1. The number of benzene rings is 1. The lowest BCUT2D eigenvalue weighted by molar-refractivity contribution is -0.125. The van der Waals surface area contributed by atoms with Crippen molar-refractivity contribution in [1.82, 2.24) is 29.2 Å². The summed E-state index contributed by atoms with van der Waals surface area (Å²) in [6.45, 7) is 5.42. The number of rotatable bonds is 8. The molecular formula is C26H25F2N7O4. The van der Waals surface area contributed by atoms with Crippen LogP contribution in [0.3, 0.4) is 0 Å². The quantitative estimate of drug-likeness (QED) is 0.340. The van der Waals surface area contributed by atoms with Crippen LogP contribution in [0.2, 0.25) is 0 Å². The summed E-state index contributed by atoms with van der Waals surface area (Å²) in [4.78, 5) is 35.3. The Labute approximate surface area is 221 Å². The first-order valence-electron chi connectivity index (χ1n) is 12.0. The van der Waals surface area contributed by atoms with Gasteiger partial charge < -0.3 is 19.7 Å². The van der Waals surface area contributed by atoms with Crippen LogP contribution in [0, 0.1) is 17.6 Å². The van der Waals surface area contributed by atoms with Crippen molar-refractivity contribution >= 4 is 28.6 Å². The zero-order valence-corrected chi connectivity index (χ0v) is 21.2. The van der Waals surface area contributed by atoms with Crippen LogP contribution in [0.5, 0.6) is 17.4 Å². The molecule has 39 heavy (non-hydrogen) atoms. The zero-order chi connectivity index (χ0) is 27.7. The average molecular weight is 538 g/mol. The van der Waals surface area contributed by atoms with E-state index >= 15 is 0 Å². The Hall–Kier alpha value is -4.81. The van der Waals surface area contributed by atoms with Crippen molar-refractivity contribution in [2.75, 3.05) is 25.5 Å². The number of amides is 1. The van der Waals surface area contributed by atoms with E-state index in [2.05, 4.69) is 27.0 Å². The normalized spacial score (nSPS) is 15.0. The highest BCUT2D eigenvalue weighted by atomic mass is 19.1. The molecule has 1 N–H and O–H groups in total. The van der Waals surface area contributed by atoms with Gasteiger partial charge in [0, 0.05) is 44.3 Å². The van der Waals surface area contributed by atoms with Crippen molar-refractivity contribution in [1.29, 1.82) is 0 Å². The molecule has 1 unspecified atom stereocenters. The molecule has 0 spiro atoms. The molecule has 3 aromatic heterocycles. The highest BCUT2D eigenvalue weighted by Crippen LogP contribution is 2.28. The fourth-order valence-corrected chi connectivity index (χ4v) is 4.46. The number of carbonyl (C=O) groups excluding carboxylic acids is 1. The molecule has 202 valence electrons. The van der Waals surface area contributed by atoms with Gasteiger partial charge in [0.05, 0.1) is 13.3 Å². The first-order valence-corrected chi connectivity index (χ1v) is 12.0. The Kier molecular flexibility index (Phi) is 6.96. The Morgan fingerprint density at radius 2 is 2.10 bits per heavy atom. The predicted molar refractivity (Wildman–Crippen MR) is 138 cm³/mol. The van der Waals surface area contributed by atoms with Crippen LogP contribution in [0.4, 0.5) is 20.4 Å². The fraction of sp³-hybridized carbons (Fsp3) is 0.269. The molecule has 1 atom stereocenters. The van der Waals surface area contributed by atoms with Gasteiger partial charge in [-0.15, -0.1) is 5.10 Å². The number of halogens is 2. The summed E-state index contributed by atoms with van der Waals surface area (Å²) in [6, 6.07) is 4.21. The third-order valence-electron chi connectivity index (χ3n) is 6.41. The summed E-state index contributed by atoms with van der Waals surface area (Å²) in [5.74, 6) is -1.46. The number of nitrogens with one attached hydrogen (secondary N) is 1. The van der Waals surface area contributed by atoms with Gasteiger partial charge >= 0.3 is 0 Å². The van der Waals surface area contributed by atoms with Crippen LogP contribution in [-0.4, -0.2) is 55.3 Å². The van der Waals surface area contributed by atoms with Crippen LogP contribution in [-0.2, 0) is 18.4 Å². The second kappa shape index (κ2) is 10.5. The summed E-state index contributed by atoms with van der Waals surface area (Å²) < 4.78 is 41.1. The maximum atomic E-state index is 14.0. The third kappa shape index (κ3) is 5.28. The molecule has 5 rings (SSSR count). The first kappa shape index (κ1) is 25.8. The number of likely N-dealkylation sites (tertiary alicyclic amines) is 1. The molecule has 0 saturated carbocycles. The largest absolute Gasteiger partial charge is 0.478 e. The highest BCUT2D eigenvalue weighted by Gasteiger charge is 2.26. The third-order valence-corrected chi connectivity index (χ3v) is 6.41. The minimum Gasteiger partial charge on any atom is -0.478 e. The number of ether oxygens (including phenoxy) is 2. The van der Waals surface area contributed by atoms with Gasteiger partial charge in [0.1, 0.15) is 17.2 Å². The van der Waals surface area contributed by atoms with Gasteiger partial charge in [-0.1, -0.05) is 6.58 Å². The average Bonchev–Trinajstić information content (AvgIpc) is 3.55. The lowest BCUT2D eigenvalue weighted by Crippen LogP contribution is -2.27. The van der Waals surface area contributed by atoms with Crippen LogP contribution >= 0.6 is 0 Å². The standard InChI is InChI=1S/C26H25F2N7O4/c1-4-22(36)34-8-7-15(12-34)13-35-14-19(24(32-35)38-3)30-26-29-11-16-9-21(25(37)33(2)23(16)31-26)39-20-6-5-17(27)10-18(20)28/h4-6,9-11,14-15H,1,7-8,12-13H2,2-3H3,(H,29,30,31). The van der Waals surface area contributed by atoms with Gasteiger partial charge in [-0.2, -0.15) is 4.98 Å². The smallest absolute Gasteiger partial charge is 0.294 e. The van der Waals surface area contributed by atoms with Crippen LogP contribution < -0.4 is 20.3 Å². The minimum atomic E-state index is -0.932. The van der Waals surface area contributed by atoms with E-state index in [1.54, 1.807) is 15.8 Å². The number of pyridine rings is 1. The molecular weight excluding hydrogens is 512 g/mol. The minimum absolute atomic E-state index is 0.0814. The van der Waals surface area contributed by atoms with E-state index < -0.39 is 17.2 Å². The molecule has 1 aliphatic rings. The molecule has 1 fully saturated rings. The van der Waals surface area contributed by atoms with E-state index in [-0.39, 0.29) is 29.3 Å². The molecule has 1 saturated heterocycles. The van der Waals surface area contributed by atoms with E-state index in [0.717, 1.165) is 18.6 Å². The highest BCUT2D eigenvalue weighted by molar-refractivity contribution is 5.87. The number of aryl methyl sites for hydroxylation is 1. The van der Waals surface area contributed by atoms with Crippen LogP contribution in [0.15, 0.2) is 54.1 Å². The topological polar surface area (TPSA) is 116 Å². The van der Waals surface area contributed by atoms with Crippen LogP contribution in [0.1, 0.15) is 6.42 Å². The number of nitrogens with zero attached hydrogens (tertiary/aromatic N) is 6. The summed E-state index contributed by atoms with van der Waals surface area (Å²) in [6.07, 6.45) is 5.42. The zero-order valence-electron chi connectivity index (χ0n) is 21.2. The maximum absolute atomic E-state index is 14.0. The molecule has 1 amide bonds. The molecule has 11 nitrogen and oxygen atoms in total. The fourth-order valence-electron chi connectivity index (χ4n) is 4.46. The number of carbonyl (C=O) groups is 1. The summed E-state index contributed by atoms with van der Waals surface area (Å²) in [5.41, 5.74) is 0.251. The summed E-state index contributed by atoms with van der Waals surface area (Å²) >= 11 is 0. The number of anilines is 2. The number of fused-ring (bicyclic) bond motifs is 1. The van der Waals surface area contributed by atoms with Crippen molar-refractivity contribution < 1.29 is 23.0 Å². The second-order valence-electron chi connectivity index (χ2n) is 9.06. The van der Waals surface area contributed by atoms with Gasteiger partial charge in [-0.3, -0.25) is 18.8 Å². The van der Waals surface area contributed by atoms with E-state index in [1.165, 1.54) is 37.1 Å². The molecule has 13 heteroatoms. The van der Waals surface area contributed by atoms with E-state index in [4.69, 9.17) is 9.47 Å². The van der Waals surface area contributed by atoms with E-state index in [0.29, 0.717) is 48.3 Å². The van der Waals surface area contributed by atoms with E-state index in [9.17, 15) is 18.4 Å². The Morgan fingerprint density at radius 1 is 1.28 bits per heavy atom. The number of hydrogen-bond donors (Lipinski definition) is 1. The number of hydrogen-bond acceptors (Lipinski definition) is 8. The molecule has 0 aliphatic carbocycles. The molecule has 4 heterocycles. The van der Waals surface area contributed by atoms with E-state index in [1.807, 2.05) is 0 Å². The summed E-state index contributed by atoms with van der Waals surface area (Å²) in [5, 5.41) is 7.99. The summed E-state index contributed by atoms with van der Waals surface area (Å²) in [7, 11) is 2.99. The molecule has 1 aromatic carbocycles. The maximum Gasteiger partial charge on any atom is 0.294 e. The van der Waals surface area contributed by atoms with Gasteiger partial charge in [-0.25, -0.2) is 13.8 Å². The first-order chi connectivity index (χ1) is 18.7. The van der Waals surface area contributed by atoms with Gasteiger partial charge in [0.25, 0.3) is 11.4 Å². The predicted octanol–water partition coefficient (Wildman–Crippen LogP) is 3.38. The Morgan fingerprint density at radius 3 is 2.85 bits per heavy atom. The van der Waals surface area contributed by atoms with Crippen molar-refractivity contribution in [3.05, 3.63) is 71.3 Å². The van der Waals surface area contributed by atoms with Gasteiger partial charge in [0.2, 0.25) is 11.9 Å². The molecule has 4 aromatic rings. The van der Waals surface area contributed by atoms with Crippen molar-refractivity contribution in [2.24, 2.45) is 13.0 Å². The molecule has 0 radical (unpaired) electrons.